The number of nitrogens with zero attached hydrogens (tertiary/aromatic N) is 2. The quantitative estimate of drug-likeness (QED) is 0.391. The van der Waals surface area contributed by atoms with Crippen molar-refractivity contribution in [1.29, 1.82) is 5.41 Å². The van der Waals surface area contributed by atoms with E-state index in [0.29, 0.717) is 36.8 Å². The third-order valence-electron chi connectivity index (χ3n) is 7.76. The highest BCUT2D eigenvalue weighted by molar-refractivity contribution is 6.21. The number of carbonyl (C=O) groups is 1. The molecule has 3 heterocycles. The third kappa shape index (κ3) is 6.18. The molecule has 1 aliphatic carbocycles. The van der Waals surface area contributed by atoms with E-state index in [1.165, 1.54) is 0 Å². The maximum atomic E-state index is 14.0. The minimum absolute atomic E-state index is 0.0114. The highest BCUT2D eigenvalue weighted by atomic mass is 35.5. The summed E-state index contributed by atoms with van der Waals surface area (Å²) in [7, 11) is 1.87. The van der Waals surface area contributed by atoms with E-state index in [4.69, 9.17) is 17.0 Å². The molecule has 1 amide bonds. The van der Waals surface area contributed by atoms with Crippen LogP contribution in [0.4, 0.5) is 4.39 Å². The lowest BCUT2D eigenvalue weighted by Crippen LogP contribution is -2.61. The molecule has 0 spiro atoms. The molecule has 1 saturated carbocycles. The Morgan fingerprint density at radius 1 is 1.24 bits per heavy atom. The van der Waals surface area contributed by atoms with Crippen molar-refractivity contribution in [3.8, 4) is 0 Å². The van der Waals surface area contributed by atoms with Crippen molar-refractivity contribution in [2.24, 2.45) is 24.8 Å². The van der Waals surface area contributed by atoms with Gasteiger partial charge in [0.25, 0.3) is 0 Å². The van der Waals surface area contributed by atoms with E-state index in [2.05, 4.69) is 28.2 Å². The van der Waals surface area contributed by atoms with Gasteiger partial charge in [0.1, 0.15) is 6.17 Å². The number of nitrogens with one attached hydrogen (secondary N) is 5. The fraction of sp³-hybridized carbons (Fsp3) is 0.826. The van der Waals surface area contributed by atoms with Crippen LogP contribution in [-0.2, 0) is 18.4 Å². The minimum atomic E-state index is -0.705. The highest BCUT2D eigenvalue weighted by Crippen LogP contribution is 2.38. The molecule has 1 aromatic heterocycles. The van der Waals surface area contributed by atoms with Crippen LogP contribution in [0.2, 0.25) is 0 Å². The van der Waals surface area contributed by atoms with Gasteiger partial charge in [0.15, 0.2) is 0 Å². The summed E-state index contributed by atoms with van der Waals surface area (Å²) >= 11 is 6.11. The number of aryl methyl sites for hydroxylation is 1. The van der Waals surface area contributed by atoms with Gasteiger partial charge in [-0.15, -0.1) is 11.6 Å². The number of imidazole rings is 1. The Labute approximate surface area is 200 Å². The fourth-order valence-corrected chi connectivity index (χ4v) is 6.05. The summed E-state index contributed by atoms with van der Waals surface area (Å²) in [6, 6.07) is -0.102. The molecule has 10 heteroatoms. The molecular weight excluding hydrogens is 445 g/mol. The summed E-state index contributed by atoms with van der Waals surface area (Å²) in [5.41, 5.74) is 0.462. The molecule has 5 N–H and O–H groups in total. The number of amides is 1. The SMILES string of the molecule is CC1CC(F)CCC1C1CC(Cn2ccn(C)c2=N)CC(C(=O)NCC2NCC(Cl)CN2)N1. The van der Waals surface area contributed by atoms with Gasteiger partial charge < -0.3 is 19.8 Å². The summed E-state index contributed by atoms with van der Waals surface area (Å²) in [4.78, 5) is 13.2. The second-order valence-corrected chi connectivity index (χ2v) is 10.9. The number of carbonyl (C=O) groups excluding carboxylic acids is 1. The Balaban J connectivity index is 1.42. The molecular formula is C23H39ClFN7O. The second kappa shape index (κ2) is 10.9. The lowest BCUT2D eigenvalue weighted by atomic mass is 9.71. The van der Waals surface area contributed by atoms with Gasteiger partial charge in [0.2, 0.25) is 11.5 Å². The fourth-order valence-electron chi connectivity index (χ4n) is 5.87. The van der Waals surface area contributed by atoms with Crippen molar-refractivity contribution >= 4 is 17.5 Å². The van der Waals surface area contributed by atoms with Crippen LogP contribution >= 0.6 is 11.6 Å². The van der Waals surface area contributed by atoms with Crippen LogP contribution in [-0.4, -0.2) is 64.5 Å². The Hall–Kier alpha value is -1.42. The Bertz CT molecular complexity index is 852. The van der Waals surface area contributed by atoms with Crippen molar-refractivity contribution in [2.45, 2.75) is 75.4 Å². The van der Waals surface area contributed by atoms with E-state index in [0.717, 1.165) is 38.9 Å². The van der Waals surface area contributed by atoms with E-state index < -0.39 is 6.17 Å². The Kier molecular flexibility index (Phi) is 8.15. The zero-order valence-electron chi connectivity index (χ0n) is 19.7. The van der Waals surface area contributed by atoms with E-state index in [1.807, 2.05) is 24.0 Å². The van der Waals surface area contributed by atoms with Gasteiger partial charge in [-0.2, -0.15) is 0 Å². The van der Waals surface area contributed by atoms with Crippen LogP contribution in [0.1, 0.15) is 39.0 Å². The summed E-state index contributed by atoms with van der Waals surface area (Å²) in [6.45, 7) is 4.82. The maximum Gasteiger partial charge on any atom is 0.237 e. The zero-order chi connectivity index (χ0) is 23.5. The first-order valence-corrected chi connectivity index (χ1v) is 12.8. The standard InChI is InChI=1S/C23H39ClFN7O/c1-14-7-17(25)3-4-18(14)19-8-15(13-32-6-5-31(2)23(32)26)9-20(30-19)22(33)29-12-21-27-10-16(24)11-28-21/h5-6,14-21,26-28,30H,3-4,7-13H2,1-2H3,(H,29,33). The first-order valence-electron chi connectivity index (χ1n) is 12.3. The summed E-state index contributed by atoms with van der Waals surface area (Å²) < 4.78 is 17.7. The van der Waals surface area contributed by atoms with Crippen molar-refractivity contribution in [3.63, 3.8) is 0 Å². The van der Waals surface area contributed by atoms with Crippen LogP contribution in [0.15, 0.2) is 12.4 Å². The second-order valence-electron chi connectivity index (χ2n) is 10.3. The number of hydrogen-bond donors (Lipinski definition) is 5. The zero-order valence-corrected chi connectivity index (χ0v) is 20.5. The van der Waals surface area contributed by atoms with Crippen LogP contribution in [0.25, 0.3) is 0 Å². The highest BCUT2D eigenvalue weighted by Gasteiger charge is 2.40. The van der Waals surface area contributed by atoms with Crippen molar-refractivity contribution in [1.82, 2.24) is 30.4 Å². The van der Waals surface area contributed by atoms with Crippen LogP contribution in [0.5, 0.6) is 0 Å². The minimum Gasteiger partial charge on any atom is -0.352 e. The number of piperidine rings is 1. The predicted molar refractivity (Wildman–Crippen MR) is 127 cm³/mol. The maximum absolute atomic E-state index is 14.0. The van der Waals surface area contributed by atoms with Gasteiger partial charge in [-0.1, -0.05) is 6.92 Å². The lowest BCUT2D eigenvalue weighted by Gasteiger charge is -2.43. The topological polar surface area (TPSA) is 98.9 Å². The first kappa shape index (κ1) is 24.7. The number of hydrogen-bond acceptors (Lipinski definition) is 5. The average Bonchev–Trinajstić information content (AvgIpc) is 3.10. The molecule has 3 aliphatic rings. The van der Waals surface area contributed by atoms with Gasteiger partial charge in [-0.25, -0.2) is 4.39 Å². The largest absolute Gasteiger partial charge is 0.352 e. The third-order valence-corrected chi connectivity index (χ3v) is 8.07. The van der Waals surface area contributed by atoms with E-state index >= 15 is 0 Å². The first-order chi connectivity index (χ1) is 15.8. The van der Waals surface area contributed by atoms with Crippen LogP contribution < -0.4 is 26.9 Å². The molecule has 3 fully saturated rings. The average molecular weight is 484 g/mol. The number of aromatic nitrogens is 2. The van der Waals surface area contributed by atoms with E-state index in [9.17, 15) is 9.18 Å². The van der Waals surface area contributed by atoms with Crippen molar-refractivity contribution in [3.05, 3.63) is 18.0 Å². The molecule has 4 rings (SSSR count). The lowest BCUT2D eigenvalue weighted by molar-refractivity contribution is -0.125. The summed E-state index contributed by atoms with van der Waals surface area (Å²) in [5.74, 6) is 0.955. The molecule has 0 aromatic carbocycles. The Morgan fingerprint density at radius 3 is 2.67 bits per heavy atom. The molecule has 6 unspecified atom stereocenters. The van der Waals surface area contributed by atoms with Gasteiger partial charge in [0, 0.05) is 51.7 Å². The van der Waals surface area contributed by atoms with Gasteiger partial charge in [0.05, 0.1) is 17.6 Å². The monoisotopic (exact) mass is 483 g/mol. The molecule has 33 heavy (non-hydrogen) atoms. The molecule has 0 radical (unpaired) electrons. The van der Waals surface area contributed by atoms with Crippen LogP contribution in [0.3, 0.4) is 0 Å². The number of halogens is 2. The van der Waals surface area contributed by atoms with Gasteiger partial charge >= 0.3 is 0 Å². The Morgan fingerprint density at radius 2 is 2.00 bits per heavy atom. The smallest absolute Gasteiger partial charge is 0.237 e. The molecule has 186 valence electrons. The van der Waals surface area contributed by atoms with Crippen molar-refractivity contribution < 1.29 is 9.18 Å². The number of rotatable bonds is 6. The molecule has 6 atom stereocenters. The molecule has 2 aliphatic heterocycles. The normalized spacial score (nSPS) is 37.6. The molecule has 8 nitrogen and oxygen atoms in total. The number of alkyl halides is 2. The molecule has 0 bridgehead atoms. The predicted octanol–water partition coefficient (Wildman–Crippen LogP) is 1.06. The molecule has 1 aromatic rings. The van der Waals surface area contributed by atoms with Gasteiger partial charge in [-0.3, -0.25) is 20.8 Å². The summed E-state index contributed by atoms with van der Waals surface area (Å²) in [5, 5.41) is 21.7. The van der Waals surface area contributed by atoms with Crippen molar-refractivity contribution in [2.75, 3.05) is 19.6 Å². The van der Waals surface area contributed by atoms with E-state index in [1.54, 1.807) is 4.57 Å². The van der Waals surface area contributed by atoms with Gasteiger partial charge in [-0.05, 0) is 49.9 Å². The van der Waals surface area contributed by atoms with E-state index in [-0.39, 0.29) is 35.5 Å². The van der Waals surface area contributed by atoms with Crippen LogP contribution in [0, 0.1) is 23.2 Å². The molecule has 2 saturated heterocycles. The summed E-state index contributed by atoms with van der Waals surface area (Å²) in [6.07, 6.45) is 6.90.